The molecule has 0 saturated heterocycles. The molecule has 6 nitrogen and oxygen atoms in total. The Bertz CT molecular complexity index is 932. The van der Waals surface area contributed by atoms with E-state index in [4.69, 9.17) is 0 Å². The van der Waals surface area contributed by atoms with Crippen molar-refractivity contribution in [2.24, 2.45) is 7.05 Å². The van der Waals surface area contributed by atoms with Crippen LogP contribution < -0.4 is 5.32 Å². The summed E-state index contributed by atoms with van der Waals surface area (Å²) in [6.07, 6.45) is 0. The van der Waals surface area contributed by atoms with E-state index in [-0.39, 0.29) is 11.3 Å². The molecule has 24 heavy (non-hydrogen) atoms. The molecule has 126 valence electrons. The Morgan fingerprint density at radius 1 is 1.25 bits per heavy atom. The molecule has 0 aliphatic rings. The van der Waals surface area contributed by atoms with Crippen molar-refractivity contribution in [1.82, 2.24) is 19.7 Å². The number of hydrogen-bond donors (Lipinski definition) is 1. The molecule has 3 rings (SSSR count). The predicted octanol–water partition coefficient (Wildman–Crippen LogP) is 3.59. The quantitative estimate of drug-likeness (QED) is 0.772. The summed E-state index contributed by atoms with van der Waals surface area (Å²) < 4.78 is 1.70. The topological polar surface area (TPSA) is 72.7 Å². The van der Waals surface area contributed by atoms with E-state index in [2.05, 4.69) is 41.2 Å². The maximum absolute atomic E-state index is 12.8. The fourth-order valence-corrected chi connectivity index (χ4v) is 3.52. The summed E-state index contributed by atoms with van der Waals surface area (Å²) in [4.78, 5) is 21.8. The van der Waals surface area contributed by atoms with Crippen LogP contribution in [0.4, 0.5) is 5.13 Å². The third-order valence-electron chi connectivity index (χ3n) is 3.83. The van der Waals surface area contributed by atoms with Crippen LogP contribution in [-0.2, 0) is 12.5 Å². The molecule has 0 aliphatic heterocycles. The first-order valence-electron chi connectivity index (χ1n) is 7.75. The number of nitrogens with one attached hydrogen (secondary N) is 1. The van der Waals surface area contributed by atoms with Crippen molar-refractivity contribution < 1.29 is 4.79 Å². The van der Waals surface area contributed by atoms with Gasteiger partial charge in [0.1, 0.15) is 0 Å². The lowest BCUT2D eigenvalue weighted by atomic mass is 9.93. The lowest BCUT2D eigenvalue weighted by molar-refractivity contribution is 0.102. The van der Waals surface area contributed by atoms with Crippen molar-refractivity contribution >= 4 is 33.4 Å². The summed E-state index contributed by atoms with van der Waals surface area (Å²) in [6.45, 7) is 10.1. The zero-order valence-electron chi connectivity index (χ0n) is 14.8. The average molecular weight is 343 g/mol. The van der Waals surface area contributed by atoms with Crippen LogP contribution in [0.15, 0.2) is 11.4 Å². The molecule has 3 heterocycles. The smallest absolute Gasteiger partial charge is 0.258 e. The van der Waals surface area contributed by atoms with Gasteiger partial charge in [0, 0.05) is 23.5 Å². The van der Waals surface area contributed by atoms with Gasteiger partial charge in [-0.2, -0.15) is 5.10 Å². The normalized spacial score (nSPS) is 11.9. The van der Waals surface area contributed by atoms with E-state index < -0.39 is 0 Å². The summed E-state index contributed by atoms with van der Waals surface area (Å²) >= 11 is 1.44. The van der Waals surface area contributed by atoms with E-state index in [9.17, 15) is 4.79 Å². The zero-order valence-corrected chi connectivity index (χ0v) is 15.6. The molecule has 7 heteroatoms. The van der Waals surface area contributed by atoms with E-state index in [1.54, 1.807) is 10.7 Å². The van der Waals surface area contributed by atoms with Gasteiger partial charge in [-0.1, -0.05) is 20.8 Å². The standard InChI is InChI=1S/C17H21N5OS/c1-9-7-11(13-10(2)21-22(6)14(13)18-9)15(23)20-16-19-12(8-24-16)17(3,4)5/h7-8H,1-6H3,(H,19,20,23). The summed E-state index contributed by atoms with van der Waals surface area (Å²) in [5, 5.41) is 10.7. The number of aryl methyl sites for hydroxylation is 3. The second kappa shape index (κ2) is 5.66. The van der Waals surface area contributed by atoms with Crippen LogP contribution in [0.3, 0.4) is 0 Å². The van der Waals surface area contributed by atoms with Crippen LogP contribution >= 0.6 is 11.3 Å². The Kier molecular flexibility index (Phi) is 3.91. The van der Waals surface area contributed by atoms with Crippen LogP contribution in [-0.4, -0.2) is 25.7 Å². The van der Waals surface area contributed by atoms with Gasteiger partial charge in [0.05, 0.1) is 22.3 Å². The van der Waals surface area contributed by atoms with Crippen LogP contribution in [0.2, 0.25) is 0 Å². The molecule has 0 aromatic carbocycles. The molecule has 0 bridgehead atoms. The number of anilines is 1. The highest BCUT2D eigenvalue weighted by Crippen LogP contribution is 2.27. The molecule has 0 unspecified atom stereocenters. The number of amides is 1. The molecular formula is C17H21N5OS. The zero-order chi connectivity index (χ0) is 17.6. The minimum absolute atomic E-state index is 0.0417. The van der Waals surface area contributed by atoms with Crippen molar-refractivity contribution in [3.8, 4) is 0 Å². The molecular weight excluding hydrogens is 322 g/mol. The number of thiazole rings is 1. The van der Waals surface area contributed by atoms with Gasteiger partial charge in [-0.15, -0.1) is 11.3 Å². The SMILES string of the molecule is Cc1cc(C(=O)Nc2nc(C(C)(C)C)cs2)c2c(C)nn(C)c2n1. The molecule has 1 amide bonds. The third kappa shape index (κ3) is 2.91. The molecule has 0 saturated carbocycles. The Morgan fingerprint density at radius 3 is 2.58 bits per heavy atom. The molecule has 0 radical (unpaired) electrons. The molecule has 0 aliphatic carbocycles. The number of fused-ring (bicyclic) bond motifs is 1. The van der Waals surface area contributed by atoms with Crippen LogP contribution in [0.5, 0.6) is 0 Å². The van der Waals surface area contributed by atoms with Crippen LogP contribution in [0.25, 0.3) is 11.0 Å². The van der Waals surface area contributed by atoms with Crippen molar-refractivity contribution in [2.45, 2.75) is 40.0 Å². The maximum atomic E-state index is 12.8. The van der Waals surface area contributed by atoms with Gasteiger partial charge in [0.2, 0.25) is 0 Å². The lowest BCUT2D eigenvalue weighted by Gasteiger charge is -2.14. The Hall–Kier alpha value is -2.28. The molecule has 3 aromatic heterocycles. The number of aromatic nitrogens is 4. The summed E-state index contributed by atoms with van der Waals surface area (Å²) in [5.41, 5.74) is 3.80. The van der Waals surface area contributed by atoms with Crippen molar-refractivity contribution in [3.05, 3.63) is 34.1 Å². The van der Waals surface area contributed by atoms with Gasteiger partial charge in [0.25, 0.3) is 5.91 Å². The molecule has 1 N–H and O–H groups in total. The number of nitrogens with zero attached hydrogens (tertiary/aromatic N) is 4. The Labute approximate surface area is 144 Å². The highest BCUT2D eigenvalue weighted by atomic mass is 32.1. The van der Waals surface area contributed by atoms with Crippen molar-refractivity contribution in [2.75, 3.05) is 5.32 Å². The van der Waals surface area contributed by atoms with E-state index in [0.717, 1.165) is 22.5 Å². The molecule has 0 fully saturated rings. The first kappa shape index (κ1) is 16.6. The van der Waals surface area contributed by atoms with Crippen molar-refractivity contribution in [3.63, 3.8) is 0 Å². The van der Waals surface area contributed by atoms with Gasteiger partial charge in [-0.05, 0) is 19.9 Å². The highest BCUT2D eigenvalue weighted by Gasteiger charge is 2.21. The van der Waals surface area contributed by atoms with E-state index in [0.29, 0.717) is 16.3 Å². The largest absolute Gasteiger partial charge is 0.298 e. The summed E-state index contributed by atoms with van der Waals surface area (Å²) in [7, 11) is 1.83. The van der Waals surface area contributed by atoms with Gasteiger partial charge in [-0.25, -0.2) is 9.97 Å². The minimum atomic E-state index is -0.184. The third-order valence-corrected chi connectivity index (χ3v) is 4.59. The van der Waals surface area contributed by atoms with Crippen LogP contribution in [0.1, 0.15) is 48.2 Å². The lowest BCUT2D eigenvalue weighted by Crippen LogP contribution is -2.15. The maximum Gasteiger partial charge on any atom is 0.258 e. The number of carbonyl (C=O) groups excluding carboxylic acids is 1. The van der Waals surface area contributed by atoms with E-state index >= 15 is 0 Å². The fourth-order valence-electron chi connectivity index (χ4n) is 2.59. The minimum Gasteiger partial charge on any atom is -0.298 e. The van der Waals surface area contributed by atoms with Gasteiger partial charge >= 0.3 is 0 Å². The molecule has 0 atom stereocenters. The monoisotopic (exact) mass is 343 g/mol. The number of pyridine rings is 1. The highest BCUT2D eigenvalue weighted by molar-refractivity contribution is 7.14. The fraction of sp³-hybridized carbons (Fsp3) is 0.412. The van der Waals surface area contributed by atoms with Gasteiger partial charge < -0.3 is 0 Å². The van der Waals surface area contributed by atoms with Gasteiger partial charge in [0.15, 0.2) is 10.8 Å². The van der Waals surface area contributed by atoms with E-state index in [1.165, 1.54) is 11.3 Å². The molecule has 0 spiro atoms. The van der Waals surface area contributed by atoms with E-state index in [1.807, 2.05) is 26.3 Å². The van der Waals surface area contributed by atoms with Gasteiger partial charge in [-0.3, -0.25) is 14.8 Å². The second-order valence-corrected chi connectivity index (χ2v) is 7.82. The Morgan fingerprint density at radius 2 is 1.96 bits per heavy atom. The van der Waals surface area contributed by atoms with Crippen LogP contribution in [0, 0.1) is 13.8 Å². The Balaban J connectivity index is 1.99. The summed E-state index contributed by atoms with van der Waals surface area (Å²) in [6, 6.07) is 1.80. The first-order valence-corrected chi connectivity index (χ1v) is 8.63. The molecule has 3 aromatic rings. The average Bonchev–Trinajstić information content (AvgIpc) is 3.04. The first-order chi connectivity index (χ1) is 11.2. The second-order valence-electron chi connectivity index (χ2n) is 6.96. The predicted molar refractivity (Wildman–Crippen MR) is 96.8 cm³/mol. The number of carbonyl (C=O) groups is 1. The summed E-state index contributed by atoms with van der Waals surface area (Å²) in [5.74, 6) is -0.184. The number of hydrogen-bond acceptors (Lipinski definition) is 5. The number of rotatable bonds is 2. The van der Waals surface area contributed by atoms with Crippen molar-refractivity contribution in [1.29, 1.82) is 0 Å².